The summed E-state index contributed by atoms with van der Waals surface area (Å²) in [5, 5.41) is 12.2. The van der Waals surface area contributed by atoms with E-state index in [1.54, 1.807) is 0 Å². The van der Waals surface area contributed by atoms with Gasteiger partial charge in [-0.3, -0.25) is 4.79 Å². The molecule has 2 atom stereocenters. The van der Waals surface area contributed by atoms with Crippen LogP contribution in [0.2, 0.25) is 5.02 Å². The highest BCUT2D eigenvalue weighted by atomic mass is 35.5. The van der Waals surface area contributed by atoms with Crippen LogP contribution in [-0.2, 0) is 17.1 Å². The first-order valence-electron chi connectivity index (χ1n) is 8.64. The van der Waals surface area contributed by atoms with E-state index in [0.717, 1.165) is 23.1 Å². The maximum Gasteiger partial charge on any atom is 0.433 e. The topological polar surface area (TPSA) is 65.5 Å². The van der Waals surface area contributed by atoms with Crippen molar-refractivity contribution in [3.63, 3.8) is 0 Å². The lowest BCUT2D eigenvalue weighted by Gasteiger charge is -2.27. The molecule has 0 saturated carbocycles. The summed E-state index contributed by atoms with van der Waals surface area (Å²) in [6, 6.07) is 1.86. The normalized spacial score (nSPS) is 19.6. The van der Waals surface area contributed by atoms with E-state index < -0.39 is 53.3 Å². The van der Waals surface area contributed by atoms with E-state index in [4.69, 9.17) is 11.6 Å². The van der Waals surface area contributed by atoms with Crippen molar-refractivity contribution in [3.8, 4) is 0 Å². The van der Waals surface area contributed by atoms with Crippen molar-refractivity contribution >= 4 is 29.0 Å². The first kappa shape index (κ1) is 23.1. The zero-order valence-electron chi connectivity index (χ0n) is 15.2. The van der Waals surface area contributed by atoms with Gasteiger partial charge in [0.25, 0.3) is 0 Å². The molecule has 168 valence electrons. The molecular formula is C18H13ClF7N3O2. The number of alkyl halides is 6. The minimum absolute atomic E-state index is 0.0171. The Morgan fingerprint density at radius 1 is 1.13 bits per heavy atom. The molecule has 1 amide bonds. The number of halogens is 8. The van der Waals surface area contributed by atoms with Crippen molar-refractivity contribution in [2.75, 3.05) is 16.8 Å². The van der Waals surface area contributed by atoms with Gasteiger partial charge in [-0.25, -0.2) is 9.37 Å². The van der Waals surface area contributed by atoms with Gasteiger partial charge in [-0.05, 0) is 36.8 Å². The number of pyridine rings is 1. The first-order valence-corrected chi connectivity index (χ1v) is 9.02. The third kappa shape index (κ3) is 5.01. The molecule has 2 aromatic rings. The van der Waals surface area contributed by atoms with Crippen LogP contribution in [0, 0.1) is 5.82 Å². The molecule has 2 heterocycles. The number of benzene rings is 1. The Morgan fingerprint density at radius 3 is 2.39 bits per heavy atom. The van der Waals surface area contributed by atoms with Crippen molar-refractivity contribution in [2.24, 2.45) is 0 Å². The SMILES string of the molecule is O=C(Nc1ccc(F)c(Cl)c1)[C@@H]1[C@H](O)CCN1c1cc(C(F)(F)F)cc(C(F)(F)F)n1. The summed E-state index contributed by atoms with van der Waals surface area (Å²) in [4.78, 5) is 16.7. The third-order valence-electron chi connectivity index (χ3n) is 4.55. The number of amides is 1. The van der Waals surface area contributed by atoms with E-state index in [1.165, 1.54) is 0 Å². The smallest absolute Gasteiger partial charge is 0.390 e. The Hall–Kier alpha value is -2.60. The summed E-state index contributed by atoms with van der Waals surface area (Å²) in [5.74, 6) is -2.48. The van der Waals surface area contributed by atoms with E-state index in [0.29, 0.717) is 6.07 Å². The van der Waals surface area contributed by atoms with Crippen molar-refractivity contribution in [3.05, 3.63) is 52.4 Å². The Kier molecular flexibility index (Phi) is 6.07. The van der Waals surface area contributed by atoms with Gasteiger partial charge in [-0.15, -0.1) is 0 Å². The van der Waals surface area contributed by atoms with Gasteiger partial charge in [-0.2, -0.15) is 26.3 Å². The van der Waals surface area contributed by atoms with E-state index in [2.05, 4.69) is 10.3 Å². The number of nitrogens with one attached hydrogen (secondary N) is 1. The standard InChI is InChI=1S/C18H13ClF7N3O2/c19-10-7-9(1-2-11(10)20)27-16(31)15-12(30)3-4-29(15)14-6-8(17(21,22)23)5-13(28-14)18(24,25)26/h1-2,5-7,12,15,30H,3-4H2,(H,27,31)/t12-,15+/m1/s1. The van der Waals surface area contributed by atoms with Crippen LogP contribution in [0.15, 0.2) is 30.3 Å². The van der Waals surface area contributed by atoms with Gasteiger partial charge >= 0.3 is 12.4 Å². The quantitative estimate of drug-likeness (QED) is 0.648. The highest BCUT2D eigenvalue weighted by Crippen LogP contribution is 2.38. The number of rotatable bonds is 3. The Morgan fingerprint density at radius 2 is 1.81 bits per heavy atom. The van der Waals surface area contributed by atoms with E-state index in [1.807, 2.05) is 0 Å². The van der Waals surface area contributed by atoms with Crippen LogP contribution >= 0.6 is 11.6 Å². The molecule has 0 spiro atoms. The third-order valence-corrected chi connectivity index (χ3v) is 4.84. The number of anilines is 2. The van der Waals surface area contributed by atoms with Crippen molar-refractivity contribution in [1.82, 2.24) is 4.98 Å². The molecule has 1 aliphatic rings. The second-order valence-electron chi connectivity index (χ2n) is 6.71. The number of aliphatic hydroxyl groups is 1. The molecule has 1 aliphatic heterocycles. The Bertz CT molecular complexity index is 965. The number of hydrogen-bond acceptors (Lipinski definition) is 4. The van der Waals surface area contributed by atoms with Crippen LogP contribution in [0.4, 0.5) is 42.2 Å². The molecule has 2 N–H and O–H groups in total. The summed E-state index contributed by atoms with van der Waals surface area (Å²) in [5.41, 5.74) is -3.37. The fraction of sp³-hybridized carbons (Fsp3) is 0.333. The summed E-state index contributed by atoms with van der Waals surface area (Å²) >= 11 is 5.62. The molecule has 1 aromatic heterocycles. The molecule has 0 unspecified atom stereocenters. The zero-order chi connectivity index (χ0) is 23.1. The van der Waals surface area contributed by atoms with Gasteiger partial charge in [0.1, 0.15) is 23.4 Å². The summed E-state index contributed by atoms with van der Waals surface area (Å²) < 4.78 is 91.9. The molecule has 13 heteroatoms. The second-order valence-corrected chi connectivity index (χ2v) is 7.11. The van der Waals surface area contributed by atoms with E-state index >= 15 is 0 Å². The largest absolute Gasteiger partial charge is 0.433 e. The summed E-state index contributed by atoms with van der Waals surface area (Å²) in [7, 11) is 0. The molecule has 0 bridgehead atoms. The molecule has 1 aromatic carbocycles. The number of hydrogen-bond donors (Lipinski definition) is 2. The van der Waals surface area contributed by atoms with Gasteiger partial charge in [0.2, 0.25) is 5.91 Å². The van der Waals surface area contributed by atoms with Gasteiger partial charge < -0.3 is 15.3 Å². The van der Waals surface area contributed by atoms with Crippen molar-refractivity contribution in [1.29, 1.82) is 0 Å². The summed E-state index contributed by atoms with van der Waals surface area (Å²) in [6.07, 6.45) is -11.8. The first-order chi connectivity index (χ1) is 14.3. The van der Waals surface area contributed by atoms with Crippen LogP contribution in [0.1, 0.15) is 17.7 Å². The molecule has 0 radical (unpaired) electrons. The minimum Gasteiger partial charge on any atom is -0.390 e. The highest BCUT2D eigenvalue weighted by Gasteiger charge is 2.43. The average Bonchev–Trinajstić information content (AvgIpc) is 3.04. The highest BCUT2D eigenvalue weighted by molar-refractivity contribution is 6.31. The monoisotopic (exact) mass is 471 g/mol. The van der Waals surface area contributed by atoms with E-state index in [9.17, 15) is 40.6 Å². The molecule has 31 heavy (non-hydrogen) atoms. The van der Waals surface area contributed by atoms with Crippen LogP contribution in [0.25, 0.3) is 0 Å². The molecule has 5 nitrogen and oxygen atoms in total. The van der Waals surface area contributed by atoms with Gasteiger partial charge in [0.05, 0.1) is 16.7 Å². The average molecular weight is 472 g/mol. The van der Waals surface area contributed by atoms with E-state index in [-0.39, 0.29) is 29.7 Å². The lowest BCUT2D eigenvalue weighted by atomic mass is 10.1. The van der Waals surface area contributed by atoms with Crippen molar-refractivity contribution < 1.29 is 40.6 Å². The molecular weight excluding hydrogens is 459 g/mol. The molecule has 3 rings (SSSR count). The fourth-order valence-corrected chi connectivity index (χ4v) is 3.29. The molecule has 0 aliphatic carbocycles. The fourth-order valence-electron chi connectivity index (χ4n) is 3.11. The molecule has 1 fully saturated rings. The molecule has 1 saturated heterocycles. The predicted octanol–water partition coefficient (Wildman–Crippen LogP) is 4.49. The van der Waals surface area contributed by atoms with Crippen LogP contribution in [-0.4, -0.2) is 34.7 Å². The number of carbonyl (C=O) groups is 1. The maximum atomic E-state index is 13.3. The lowest BCUT2D eigenvalue weighted by molar-refractivity contribution is -0.145. The predicted molar refractivity (Wildman–Crippen MR) is 96.0 cm³/mol. The van der Waals surface area contributed by atoms with Crippen LogP contribution in [0.5, 0.6) is 0 Å². The zero-order valence-corrected chi connectivity index (χ0v) is 16.0. The van der Waals surface area contributed by atoms with Gasteiger partial charge in [0, 0.05) is 12.2 Å². The van der Waals surface area contributed by atoms with Crippen LogP contribution < -0.4 is 10.2 Å². The van der Waals surface area contributed by atoms with Gasteiger partial charge in [-0.1, -0.05) is 11.6 Å². The number of carbonyl (C=O) groups excluding carboxylic acids is 1. The number of aromatic nitrogens is 1. The lowest BCUT2D eigenvalue weighted by Crippen LogP contribution is -2.45. The Labute approximate surface area is 175 Å². The van der Waals surface area contributed by atoms with Crippen LogP contribution in [0.3, 0.4) is 0 Å². The maximum absolute atomic E-state index is 13.3. The van der Waals surface area contributed by atoms with Gasteiger partial charge in [0.15, 0.2) is 0 Å². The van der Waals surface area contributed by atoms with Crippen molar-refractivity contribution in [2.45, 2.75) is 30.9 Å². The number of aliphatic hydroxyl groups excluding tert-OH is 1. The number of nitrogens with zero attached hydrogens (tertiary/aromatic N) is 2. The minimum atomic E-state index is -5.17. The second kappa shape index (κ2) is 8.15. The Balaban J connectivity index is 1.97. The summed E-state index contributed by atoms with van der Waals surface area (Å²) in [6.45, 7) is -0.227.